The third-order valence-corrected chi connectivity index (χ3v) is 3.59. The van der Waals surface area contributed by atoms with Crippen molar-refractivity contribution in [3.05, 3.63) is 57.7 Å². The molecule has 0 aliphatic carbocycles. The van der Waals surface area contributed by atoms with Crippen molar-refractivity contribution < 1.29 is 4.79 Å². The summed E-state index contributed by atoms with van der Waals surface area (Å²) in [5.74, 6) is 5.50. The molecule has 6 heteroatoms. The van der Waals surface area contributed by atoms with Gasteiger partial charge in [-0.25, -0.2) is 10.8 Å². The van der Waals surface area contributed by atoms with Gasteiger partial charge < -0.3 is 10.7 Å². The second kappa shape index (κ2) is 6.69. The number of pyridine rings is 1. The molecule has 1 unspecified atom stereocenters. The molecule has 1 heterocycles. The van der Waals surface area contributed by atoms with Crippen LogP contribution in [0.15, 0.2) is 41.0 Å². The molecule has 1 aromatic carbocycles. The van der Waals surface area contributed by atoms with Crippen LogP contribution in [0.1, 0.15) is 34.5 Å². The van der Waals surface area contributed by atoms with E-state index >= 15 is 0 Å². The van der Waals surface area contributed by atoms with Crippen LogP contribution in [0.3, 0.4) is 0 Å². The van der Waals surface area contributed by atoms with Gasteiger partial charge in [-0.05, 0) is 41.4 Å². The number of aromatic nitrogens is 1. The number of hydrazine groups is 1. The Balaban J connectivity index is 2.17. The third kappa shape index (κ3) is 3.80. The lowest BCUT2D eigenvalue weighted by atomic mass is 10.1. The Morgan fingerprint density at radius 1 is 1.33 bits per heavy atom. The van der Waals surface area contributed by atoms with E-state index in [1.807, 2.05) is 38.1 Å². The average Bonchev–Trinajstić information content (AvgIpc) is 2.47. The molecule has 110 valence electrons. The molecule has 0 fully saturated rings. The Hall–Kier alpha value is -1.92. The number of rotatable bonds is 4. The number of benzene rings is 1. The van der Waals surface area contributed by atoms with Crippen molar-refractivity contribution in [2.24, 2.45) is 5.84 Å². The number of carbonyl (C=O) groups is 1. The lowest BCUT2D eigenvalue weighted by Crippen LogP contribution is -2.28. The standard InChI is InChI=1S/C15H17BrN4O/c1-9-3-5-11(6-4-9)10(2)19-15(21)13-7-12(16)8-18-14(13)20-17/h3-8,10H,17H2,1-2H3,(H,18,20)(H,19,21). The molecule has 2 rings (SSSR count). The molecule has 1 amide bonds. The summed E-state index contributed by atoms with van der Waals surface area (Å²) in [4.78, 5) is 16.4. The zero-order chi connectivity index (χ0) is 15.4. The third-order valence-electron chi connectivity index (χ3n) is 3.16. The van der Waals surface area contributed by atoms with Gasteiger partial charge in [-0.15, -0.1) is 0 Å². The van der Waals surface area contributed by atoms with Crippen molar-refractivity contribution in [2.75, 3.05) is 5.43 Å². The fraction of sp³-hybridized carbons (Fsp3) is 0.200. The normalized spacial score (nSPS) is 11.8. The zero-order valence-corrected chi connectivity index (χ0v) is 13.4. The van der Waals surface area contributed by atoms with Crippen molar-refractivity contribution in [1.29, 1.82) is 0 Å². The first-order valence-corrected chi connectivity index (χ1v) is 7.30. The Morgan fingerprint density at radius 2 is 2.00 bits per heavy atom. The van der Waals surface area contributed by atoms with Crippen LogP contribution in [-0.4, -0.2) is 10.9 Å². The smallest absolute Gasteiger partial charge is 0.255 e. The molecule has 0 radical (unpaired) electrons. The van der Waals surface area contributed by atoms with Crippen LogP contribution in [0.4, 0.5) is 5.82 Å². The molecular formula is C15H17BrN4O. The Labute approximate surface area is 132 Å². The predicted molar refractivity (Wildman–Crippen MR) is 86.8 cm³/mol. The maximum absolute atomic E-state index is 12.4. The zero-order valence-electron chi connectivity index (χ0n) is 11.9. The van der Waals surface area contributed by atoms with E-state index in [1.165, 1.54) is 5.56 Å². The molecule has 5 nitrogen and oxygen atoms in total. The minimum absolute atomic E-state index is 0.109. The number of nitrogen functional groups attached to an aromatic ring is 1. The summed E-state index contributed by atoms with van der Waals surface area (Å²) in [5, 5.41) is 2.94. The number of carbonyl (C=O) groups excluding carboxylic acids is 1. The first-order chi connectivity index (χ1) is 10.0. The second-order valence-electron chi connectivity index (χ2n) is 4.80. The summed E-state index contributed by atoms with van der Waals surface area (Å²) in [7, 11) is 0. The maximum Gasteiger partial charge on any atom is 0.255 e. The van der Waals surface area contributed by atoms with Crippen molar-refractivity contribution in [2.45, 2.75) is 19.9 Å². The highest BCUT2D eigenvalue weighted by atomic mass is 79.9. The minimum atomic E-state index is -0.232. The summed E-state index contributed by atoms with van der Waals surface area (Å²) < 4.78 is 0.717. The van der Waals surface area contributed by atoms with Crippen LogP contribution in [0, 0.1) is 6.92 Å². The molecule has 2 aromatic rings. The molecular weight excluding hydrogens is 332 g/mol. The predicted octanol–water partition coefficient (Wildman–Crippen LogP) is 2.93. The van der Waals surface area contributed by atoms with E-state index in [1.54, 1.807) is 12.3 Å². The van der Waals surface area contributed by atoms with E-state index < -0.39 is 0 Å². The van der Waals surface area contributed by atoms with Crippen LogP contribution in [0.5, 0.6) is 0 Å². The van der Waals surface area contributed by atoms with Crippen LogP contribution in [0.2, 0.25) is 0 Å². The number of nitrogens with two attached hydrogens (primary N) is 1. The van der Waals surface area contributed by atoms with Crippen LogP contribution >= 0.6 is 15.9 Å². The monoisotopic (exact) mass is 348 g/mol. The van der Waals surface area contributed by atoms with Crippen LogP contribution in [0.25, 0.3) is 0 Å². The van der Waals surface area contributed by atoms with Gasteiger partial charge in [-0.2, -0.15) is 0 Å². The van der Waals surface area contributed by atoms with Gasteiger partial charge in [0, 0.05) is 10.7 Å². The van der Waals surface area contributed by atoms with Crippen molar-refractivity contribution >= 4 is 27.7 Å². The van der Waals surface area contributed by atoms with Crippen molar-refractivity contribution in [3.8, 4) is 0 Å². The number of hydrogen-bond donors (Lipinski definition) is 3. The molecule has 1 atom stereocenters. The molecule has 0 aliphatic rings. The molecule has 21 heavy (non-hydrogen) atoms. The highest BCUT2D eigenvalue weighted by Crippen LogP contribution is 2.19. The Kier molecular flexibility index (Phi) is 4.93. The van der Waals surface area contributed by atoms with E-state index in [4.69, 9.17) is 5.84 Å². The van der Waals surface area contributed by atoms with Crippen molar-refractivity contribution in [3.63, 3.8) is 0 Å². The van der Waals surface area contributed by atoms with Crippen LogP contribution < -0.4 is 16.6 Å². The molecule has 4 N–H and O–H groups in total. The van der Waals surface area contributed by atoms with E-state index in [2.05, 4.69) is 31.7 Å². The number of nitrogens with one attached hydrogen (secondary N) is 2. The van der Waals surface area contributed by atoms with Gasteiger partial charge in [0.05, 0.1) is 11.6 Å². The molecule has 0 spiro atoms. The summed E-state index contributed by atoms with van der Waals surface area (Å²) in [6, 6.07) is 9.61. The number of anilines is 1. The van der Waals surface area contributed by atoms with Crippen molar-refractivity contribution in [1.82, 2.24) is 10.3 Å². The van der Waals surface area contributed by atoms with Gasteiger partial charge in [0.25, 0.3) is 5.91 Å². The number of nitrogens with zero attached hydrogens (tertiary/aromatic N) is 1. The van der Waals surface area contributed by atoms with E-state index in [0.717, 1.165) is 10.0 Å². The molecule has 0 saturated heterocycles. The summed E-state index contributed by atoms with van der Waals surface area (Å²) in [5.41, 5.74) is 5.05. The van der Waals surface area contributed by atoms with Gasteiger partial charge >= 0.3 is 0 Å². The molecule has 0 saturated carbocycles. The molecule has 0 bridgehead atoms. The Morgan fingerprint density at radius 3 is 2.62 bits per heavy atom. The van der Waals surface area contributed by atoms with Gasteiger partial charge in [0.15, 0.2) is 5.82 Å². The summed E-state index contributed by atoms with van der Waals surface area (Å²) >= 11 is 3.30. The van der Waals surface area contributed by atoms with Gasteiger partial charge in [-0.1, -0.05) is 29.8 Å². The van der Waals surface area contributed by atoms with Gasteiger partial charge in [0.2, 0.25) is 0 Å². The fourth-order valence-electron chi connectivity index (χ4n) is 1.94. The first kappa shape index (κ1) is 15.5. The Bertz CT molecular complexity index is 643. The fourth-order valence-corrected chi connectivity index (χ4v) is 2.27. The van der Waals surface area contributed by atoms with Crippen LogP contribution in [-0.2, 0) is 0 Å². The van der Waals surface area contributed by atoms with Gasteiger partial charge in [0.1, 0.15) is 0 Å². The van der Waals surface area contributed by atoms with Gasteiger partial charge in [-0.3, -0.25) is 4.79 Å². The number of aryl methyl sites for hydroxylation is 1. The SMILES string of the molecule is Cc1ccc(C(C)NC(=O)c2cc(Br)cnc2NN)cc1. The number of halogens is 1. The molecule has 1 aromatic heterocycles. The minimum Gasteiger partial charge on any atom is -0.345 e. The second-order valence-corrected chi connectivity index (χ2v) is 5.72. The highest BCUT2D eigenvalue weighted by molar-refractivity contribution is 9.10. The number of amides is 1. The average molecular weight is 349 g/mol. The quantitative estimate of drug-likeness (QED) is 0.586. The van der Waals surface area contributed by atoms with E-state index in [0.29, 0.717) is 11.4 Å². The topological polar surface area (TPSA) is 80.0 Å². The summed E-state index contributed by atoms with van der Waals surface area (Å²) in [6.45, 7) is 3.96. The first-order valence-electron chi connectivity index (χ1n) is 6.51. The number of hydrogen-bond acceptors (Lipinski definition) is 4. The van der Waals surface area contributed by atoms with E-state index in [9.17, 15) is 4.79 Å². The maximum atomic E-state index is 12.4. The largest absolute Gasteiger partial charge is 0.345 e. The highest BCUT2D eigenvalue weighted by Gasteiger charge is 2.16. The van der Waals surface area contributed by atoms with E-state index in [-0.39, 0.29) is 11.9 Å². The summed E-state index contributed by atoms with van der Waals surface area (Å²) in [6.07, 6.45) is 1.58. The lowest BCUT2D eigenvalue weighted by Gasteiger charge is -2.16. The molecule has 0 aliphatic heterocycles. The lowest BCUT2D eigenvalue weighted by molar-refractivity contribution is 0.0940.